The van der Waals surface area contributed by atoms with E-state index in [4.69, 9.17) is 49.4 Å². The molecule has 2 unspecified atom stereocenters. The third-order valence-electron chi connectivity index (χ3n) is 15.6. The fourth-order valence-corrected chi connectivity index (χ4v) is 10.7. The third-order valence-corrected chi connectivity index (χ3v) is 15.6. The van der Waals surface area contributed by atoms with Crippen molar-refractivity contribution in [2.75, 3.05) is 67.0 Å². The van der Waals surface area contributed by atoms with E-state index < -0.39 is 114 Å². The molecule has 2 bridgehead atoms. The lowest BCUT2D eigenvalue weighted by Gasteiger charge is -2.40. The van der Waals surface area contributed by atoms with Gasteiger partial charge >= 0.3 is 17.8 Å². The van der Waals surface area contributed by atoms with Crippen molar-refractivity contribution in [3.63, 3.8) is 0 Å². The zero-order chi connectivity index (χ0) is 57.5. The summed E-state index contributed by atoms with van der Waals surface area (Å²) in [6, 6.07) is -2.17. The van der Waals surface area contributed by atoms with Crippen molar-refractivity contribution in [3.05, 3.63) is 47.7 Å². The molecular formula is C57H94N4O17. The van der Waals surface area contributed by atoms with Gasteiger partial charge in [-0.15, -0.1) is 0 Å². The number of Topliss-reactive ketones (excluding diaryl/α,β-unsaturated/α-hetero) is 2. The van der Waals surface area contributed by atoms with E-state index in [0.717, 1.165) is 10.5 Å². The quantitative estimate of drug-likeness (QED) is 0.0658. The summed E-state index contributed by atoms with van der Waals surface area (Å²) in [7, 11) is 3.06. The number of methoxy groups -OCH3 is 2. The Bertz CT molecular complexity index is 2020. The molecule has 21 heteroatoms. The number of fused-ring (bicyclic) bond motifs is 3. The van der Waals surface area contributed by atoms with Crippen LogP contribution in [-0.2, 0) is 57.1 Å². The van der Waals surface area contributed by atoms with Crippen LogP contribution in [0.4, 0.5) is 4.79 Å². The Labute approximate surface area is 461 Å². The maximum Gasteiger partial charge on any atom is 0.407 e. The van der Waals surface area contributed by atoms with E-state index >= 15 is 0 Å². The van der Waals surface area contributed by atoms with E-state index in [0.29, 0.717) is 84.4 Å². The van der Waals surface area contributed by atoms with Gasteiger partial charge in [-0.3, -0.25) is 14.4 Å². The van der Waals surface area contributed by atoms with Crippen molar-refractivity contribution in [1.82, 2.24) is 10.2 Å². The molecule has 0 radical (unpaired) electrons. The molecule has 1 aliphatic carbocycles. The smallest absolute Gasteiger partial charge is 0.407 e. The highest BCUT2D eigenvalue weighted by atomic mass is 16.6. The molecule has 21 nitrogen and oxygen atoms in total. The Morgan fingerprint density at radius 2 is 1.54 bits per heavy atom. The first-order chi connectivity index (χ1) is 37.1. The van der Waals surface area contributed by atoms with Crippen LogP contribution in [0.15, 0.2) is 47.7 Å². The number of nitrogens with zero attached hydrogens (tertiary/aromatic N) is 1. The Morgan fingerprint density at radius 1 is 0.833 bits per heavy atom. The number of amides is 2. The van der Waals surface area contributed by atoms with E-state index in [9.17, 15) is 44.4 Å². The molecule has 1 saturated carbocycles. The van der Waals surface area contributed by atoms with E-state index in [-0.39, 0.29) is 62.9 Å². The number of hydrogen-bond donors (Lipinski definition) is 7. The summed E-state index contributed by atoms with van der Waals surface area (Å²) < 4.78 is 46.1. The molecule has 0 aromatic rings. The number of aliphatic hydroxyl groups excluding tert-OH is 3. The number of hydrogen-bond acceptors (Lipinski definition) is 19. The molecule has 2 saturated heterocycles. The van der Waals surface area contributed by atoms with Crippen molar-refractivity contribution >= 4 is 29.5 Å². The van der Waals surface area contributed by atoms with Crippen molar-refractivity contribution in [3.8, 4) is 0 Å². The second kappa shape index (κ2) is 33.6. The maximum atomic E-state index is 14.8. The molecule has 2 amide bonds. The molecule has 444 valence electrons. The van der Waals surface area contributed by atoms with E-state index in [1.165, 1.54) is 20.3 Å². The van der Waals surface area contributed by atoms with Crippen LogP contribution >= 0.6 is 0 Å². The molecule has 4 aliphatic rings. The van der Waals surface area contributed by atoms with Crippen LogP contribution in [0.3, 0.4) is 0 Å². The lowest BCUT2D eigenvalue weighted by atomic mass is 9.80. The van der Waals surface area contributed by atoms with Gasteiger partial charge < -0.3 is 80.0 Å². The largest absolute Gasteiger partial charge is 0.459 e. The predicted molar refractivity (Wildman–Crippen MR) is 289 cm³/mol. The molecule has 9 N–H and O–H groups in total. The average Bonchev–Trinajstić information content (AvgIpc) is 3.59. The number of alkyl carbamates (subject to hydrolysis) is 1. The van der Waals surface area contributed by atoms with Gasteiger partial charge in [0.15, 0.2) is 5.78 Å². The van der Waals surface area contributed by atoms with Gasteiger partial charge in [0.1, 0.15) is 30.5 Å². The zero-order valence-corrected chi connectivity index (χ0v) is 47.5. The zero-order valence-electron chi connectivity index (χ0n) is 47.5. The summed E-state index contributed by atoms with van der Waals surface area (Å²) in [4.78, 5) is 70.8. The minimum Gasteiger partial charge on any atom is -0.459 e. The normalized spacial score (nSPS) is 36.4. The second-order valence-electron chi connectivity index (χ2n) is 21.7. The first kappa shape index (κ1) is 66.4. The number of allylic oxidation sites excluding steroid dienone is 5. The van der Waals surface area contributed by atoms with E-state index in [1.807, 2.05) is 51.2 Å². The molecular weight excluding hydrogens is 1010 g/mol. The number of rotatable bonds is 16. The Hall–Kier alpha value is -4.13. The summed E-state index contributed by atoms with van der Waals surface area (Å²) in [5, 5.41) is 48.9. The van der Waals surface area contributed by atoms with Gasteiger partial charge in [0.2, 0.25) is 5.78 Å². The fourth-order valence-electron chi connectivity index (χ4n) is 10.7. The number of ketones is 2. The van der Waals surface area contributed by atoms with Gasteiger partial charge in [-0.05, 0) is 95.5 Å². The Morgan fingerprint density at radius 3 is 2.23 bits per heavy atom. The van der Waals surface area contributed by atoms with Gasteiger partial charge in [0, 0.05) is 76.3 Å². The molecule has 78 heavy (non-hydrogen) atoms. The van der Waals surface area contributed by atoms with Gasteiger partial charge in [-0.2, -0.15) is 0 Å². The van der Waals surface area contributed by atoms with Crippen LogP contribution < -0.4 is 16.8 Å². The second-order valence-corrected chi connectivity index (χ2v) is 21.7. The standard InChI is InChI=1S/C57H94N4O17/c1-9-73-25-26-75-28-27-74-24-22-60-56(69)77-46-21-19-40(32-49(46)72-8)31-42(58)48-34-45(62)38(5)30-43(59)51(64)52(65)50(63)39(6)29-35(2)15-11-10-12-16-36(3)47(71-7)33-41-20-18-37(4)53(66)57(70,78-41)55(68)61-23-14-13-17-44(61)54(67)76-48/h10-12,15-16,30,35,37-42,44-49,51-52,62,64-65,70H,9,13-14,17-29,31-34,58-59H2,1-8H3,(H,60,69)/b12-10+,15-11+,36-16+,43-30-/t35-,37-,38-,39-,40+,41+,42-,44+,45?,46-,47+,48+,49-,51-,52+,57?/m1/s1. The van der Waals surface area contributed by atoms with Crippen LogP contribution in [0, 0.1) is 29.6 Å². The number of nitrogens with two attached hydrogens (primary N) is 2. The van der Waals surface area contributed by atoms with Crippen LogP contribution in [0.2, 0.25) is 0 Å². The van der Waals surface area contributed by atoms with E-state index in [1.54, 1.807) is 20.8 Å². The summed E-state index contributed by atoms with van der Waals surface area (Å²) in [5.74, 6) is -8.72. The van der Waals surface area contributed by atoms with Crippen LogP contribution in [0.1, 0.15) is 119 Å². The minimum atomic E-state index is -2.92. The van der Waals surface area contributed by atoms with Gasteiger partial charge in [-0.25, -0.2) is 9.59 Å². The summed E-state index contributed by atoms with van der Waals surface area (Å²) in [6.07, 6.45) is 5.21. The van der Waals surface area contributed by atoms with Gasteiger partial charge in [-0.1, -0.05) is 64.2 Å². The number of nitrogens with one attached hydrogen (secondary N) is 1. The lowest BCUT2D eigenvalue weighted by molar-refractivity contribution is -0.231. The molecule has 3 aliphatic heterocycles. The third kappa shape index (κ3) is 20.1. The van der Waals surface area contributed by atoms with Crippen molar-refractivity contribution < 1.29 is 82.3 Å². The predicted octanol–water partition coefficient (Wildman–Crippen LogP) is 3.71. The topological polar surface area (TPSA) is 307 Å². The van der Waals surface area contributed by atoms with Crippen molar-refractivity contribution in [2.45, 2.75) is 185 Å². The van der Waals surface area contributed by atoms with Crippen LogP contribution in [0.5, 0.6) is 0 Å². The van der Waals surface area contributed by atoms with Crippen LogP contribution in [-0.4, -0.2) is 189 Å². The summed E-state index contributed by atoms with van der Waals surface area (Å²) in [6.45, 7) is 13.4. The number of cyclic esters (lactones) is 1. The number of carbonyl (C=O) groups is 5. The molecule has 0 aromatic heterocycles. The molecule has 4 rings (SSSR count). The number of aliphatic hydroxyl groups is 4. The lowest BCUT2D eigenvalue weighted by Crippen LogP contribution is -2.62. The number of esters is 1. The summed E-state index contributed by atoms with van der Waals surface area (Å²) in [5.41, 5.74) is 13.8. The number of piperidine rings is 1. The molecule has 16 atom stereocenters. The molecule has 0 aromatic carbocycles. The molecule has 3 fully saturated rings. The summed E-state index contributed by atoms with van der Waals surface area (Å²) >= 11 is 0. The molecule has 3 heterocycles. The monoisotopic (exact) mass is 1110 g/mol. The number of carbonyl (C=O) groups excluding carboxylic acids is 5. The van der Waals surface area contributed by atoms with E-state index in [2.05, 4.69) is 5.32 Å². The van der Waals surface area contributed by atoms with Crippen molar-refractivity contribution in [1.29, 1.82) is 0 Å². The first-order valence-electron chi connectivity index (χ1n) is 28.2. The number of ether oxygens (including phenoxy) is 8. The highest BCUT2D eigenvalue weighted by Crippen LogP contribution is 2.36. The Balaban J connectivity index is 1.59. The highest BCUT2D eigenvalue weighted by Gasteiger charge is 2.55. The Kier molecular flexibility index (Phi) is 28.6. The SMILES string of the molecule is CCOCCOCCOCCNC(=O)O[C@@H]1CC[C@@H](C[C@@H](N)[C@@H]2CC(O)[C@H](C)/C=C(\N)[C@@H](O)[C@@H](O)C(=O)[C@H](C)C[C@H](C)/C=C/C=C/C=C(\C)[C@@H](OC)C[C@@H]3CC[C@@H](C)C(=O)C(O)(O3)C(=O)N3CCCC[C@H]3C(=O)O2)C[C@H]1OC. The first-order valence-corrected chi connectivity index (χ1v) is 28.2. The van der Waals surface area contributed by atoms with Crippen LogP contribution in [0.25, 0.3) is 0 Å². The van der Waals surface area contributed by atoms with Gasteiger partial charge in [0.05, 0.1) is 57.5 Å². The molecule has 0 spiro atoms. The van der Waals surface area contributed by atoms with Crippen molar-refractivity contribution in [2.24, 2.45) is 41.1 Å². The average molecular weight is 1110 g/mol. The highest BCUT2D eigenvalue weighted by molar-refractivity contribution is 6.09. The fraction of sp³-hybridized carbons (Fsp3) is 0.772. The minimum absolute atomic E-state index is 0.00924. The van der Waals surface area contributed by atoms with Gasteiger partial charge in [0.25, 0.3) is 5.91 Å². The maximum absolute atomic E-state index is 14.8.